The first kappa shape index (κ1) is 17.5. The van der Waals surface area contributed by atoms with E-state index in [0.29, 0.717) is 11.3 Å². The molecule has 0 aliphatic heterocycles. The lowest BCUT2D eigenvalue weighted by Crippen LogP contribution is -2.50. The number of aryl methyl sites for hydroxylation is 1. The van der Waals surface area contributed by atoms with Gasteiger partial charge in [0.05, 0.1) is 12.6 Å². The highest BCUT2D eigenvalue weighted by molar-refractivity contribution is 5.94. The third-order valence-electron chi connectivity index (χ3n) is 3.75. The van der Waals surface area contributed by atoms with E-state index in [4.69, 9.17) is 5.73 Å². The lowest BCUT2D eigenvalue weighted by molar-refractivity contribution is -0.121. The number of nitrogens with two attached hydrogens (primary N) is 1. The van der Waals surface area contributed by atoms with Gasteiger partial charge in [0.1, 0.15) is 5.54 Å². The average molecular weight is 302 g/mol. The van der Waals surface area contributed by atoms with E-state index in [1.165, 1.54) is 0 Å². The molecule has 22 heavy (non-hydrogen) atoms. The topological polar surface area (TPSA) is 108 Å². The summed E-state index contributed by atoms with van der Waals surface area (Å²) in [5, 5.41) is 14.9. The molecule has 118 valence electrons. The predicted octanol–water partition coefficient (Wildman–Crippen LogP) is 1.56. The molecule has 0 bridgehead atoms. The summed E-state index contributed by atoms with van der Waals surface area (Å²) in [7, 11) is 0. The number of nitrogens with zero attached hydrogens (tertiary/aromatic N) is 1. The van der Waals surface area contributed by atoms with Crippen LogP contribution in [0.1, 0.15) is 36.7 Å². The van der Waals surface area contributed by atoms with Crippen LogP contribution in [-0.4, -0.2) is 23.9 Å². The van der Waals surface area contributed by atoms with E-state index >= 15 is 0 Å². The molecular weight excluding hydrogens is 280 g/mol. The van der Waals surface area contributed by atoms with Crippen molar-refractivity contribution in [1.29, 1.82) is 5.26 Å². The highest BCUT2D eigenvalue weighted by atomic mass is 16.2. The molecule has 0 fully saturated rings. The number of benzene rings is 1. The Morgan fingerprint density at radius 2 is 2.05 bits per heavy atom. The van der Waals surface area contributed by atoms with Gasteiger partial charge in [0.25, 0.3) is 0 Å². The second-order valence-electron chi connectivity index (χ2n) is 5.76. The molecule has 0 saturated heterocycles. The molecule has 4 N–H and O–H groups in total. The van der Waals surface area contributed by atoms with Gasteiger partial charge in [-0.15, -0.1) is 0 Å². The molecule has 0 aromatic heterocycles. The average Bonchev–Trinajstić information content (AvgIpc) is 2.45. The van der Waals surface area contributed by atoms with E-state index in [1.807, 2.05) is 20.8 Å². The fraction of sp³-hybridized carbons (Fsp3) is 0.438. The molecule has 0 radical (unpaired) electrons. The Kier molecular flexibility index (Phi) is 5.52. The van der Waals surface area contributed by atoms with Gasteiger partial charge in [0, 0.05) is 11.3 Å². The summed E-state index contributed by atoms with van der Waals surface area (Å²) in [4.78, 5) is 23.2. The van der Waals surface area contributed by atoms with Crippen molar-refractivity contribution in [3.8, 4) is 6.07 Å². The second kappa shape index (κ2) is 6.94. The van der Waals surface area contributed by atoms with Crippen molar-refractivity contribution in [3.63, 3.8) is 0 Å². The molecule has 1 aromatic carbocycles. The Balaban J connectivity index is 2.75. The first-order valence-electron chi connectivity index (χ1n) is 7.06. The Morgan fingerprint density at radius 3 is 2.55 bits per heavy atom. The second-order valence-corrected chi connectivity index (χ2v) is 5.76. The number of anilines is 1. The number of nitriles is 1. The zero-order valence-electron chi connectivity index (χ0n) is 13.4. The maximum atomic E-state index is 12.0. The van der Waals surface area contributed by atoms with E-state index in [9.17, 15) is 14.9 Å². The smallest absolute Gasteiger partial charge is 0.248 e. The lowest BCUT2D eigenvalue weighted by Gasteiger charge is -2.27. The Labute approximate surface area is 130 Å². The number of primary amides is 1. The number of hydrogen-bond donors (Lipinski definition) is 3. The Hall–Kier alpha value is -2.55. The van der Waals surface area contributed by atoms with E-state index in [0.717, 1.165) is 5.56 Å². The van der Waals surface area contributed by atoms with Gasteiger partial charge in [-0.05, 0) is 37.5 Å². The third kappa shape index (κ3) is 4.22. The number of carbonyl (C=O) groups excluding carboxylic acids is 2. The zero-order chi connectivity index (χ0) is 16.9. The van der Waals surface area contributed by atoms with Crippen molar-refractivity contribution >= 4 is 17.5 Å². The molecule has 0 aliphatic rings. The standard InChI is InChI=1S/C16H22N4O2/c1-10(2)16(4,9-17)20-14(21)8-19-13-7-12(15(18)22)6-5-11(13)3/h5-7,10,19H,8H2,1-4H3,(H2,18,22)(H,20,21)/t16-/m0/s1. The van der Waals surface area contributed by atoms with Crippen LogP contribution >= 0.6 is 0 Å². The number of amides is 2. The highest BCUT2D eigenvalue weighted by Crippen LogP contribution is 2.17. The molecular formula is C16H22N4O2. The number of hydrogen-bond acceptors (Lipinski definition) is 4. The molecule has 1 atom stereocenters. The molecule has 0 saturated carbocycles. The van der Waals surface area contributed by atoms with Gasteiger partial charge in [-0.25, -0.2) is 0 Å². The lowest BCUT2D eigenvalue weighted by atomic mass is 9.90. The van der Waals surface area contributed by atoms with Crippen molar-refractivity contribution in [2.75, 3.05) is 11.9 Å². The maximum Gasteiger partial charge on any atom is 0.248 e. The normalized spacial score (nSPS) is 13.1. The highest BCUT2D eigenvalue weighted by Gasteiger charge is 2.29. The summed E-state index contributed by atoms with van der Waals surface area (Å²) in [6.45, 7) is 7.30. The van der Waals surface area contributed by atoms with Crippen molar-refractivity contribution in [2.45, 2.75) is 33.2 Å². The summed E-state index contributed by atoms with van der Waals surface area (Å²) >= 11 is 0. The predicted molar refractivity (Wildman–Crippen MR) is 85.2 cm³/mol. The molecule has 0 spiro atoms. The van der Waals surface area contributed by atoms with Gasteiger partial charge < -0.3 is 16.4 Å². The summed E-state index contributed by atoms with van der Waals surface area (Å²) in [6.07, 6.45) is 0. The molecule has 6 heteroatoms. The van der Waals surface area contributed by atoms with E-state index < -0.39 is 11.4 Å². The van der Waals surface area contributed by atoms with Crippen LogP contribution in [0.25, 0.3) is 0 Å². The third-order valence-corrected chi connectivity index (χ3v) is 3.75. The Morgan fingerprint density at radius 1 is 1.41 bits per heavy atom. The van der Waals surface area contributed by atoms with Crippen LogP contribution in [0.5, 0.6) is 0 Å². The summed E-state index contributed by atoms with van der Waals surface area (Å²) in [5.41, 5.74) is 6.26. The van der Waals surface area contributed by atoms with E-state index in [1.54, 1.807) is 25.1 Å². The number of rotatable bonds is 6. The van der Waals surface area contributed by atoms with Crippen LogP contribution in [0.4, 0.5) is 5.69 Å². The van der Waals surface area contributed by atoms with Gasteiger partial charge in [-0.3, -0.25) is 9.59 Å². The number of nitrogens with one attached hydrogen (secondary N) is 2. The fourth-order valence-corrected chi connectivity index (χ4v) is 1.78. The van der Waals surface area contributed by atoms with Crippen LogP contribution < -0.4 is 16.4 Å². The van der Waals surface area contributed by atoms with Crippen molar-refractivity contribution in [2.24, 2.45) is 11.7 Å². The van der Waals surface area contributed by atoms with Crippen molar-refractivity contribution in [1.82, 2.24) is 5.32 Å². The van der Waals surface area contributed by atoms with Gasteiger partial charge in [-0.2, -0.15) is 5.26 Å². The SMILES string of the molecule is Cc1ccc(C(N)=O)cc1NCC(=O)N[C@@](C)(C#N)C(C)C. The molecule has 1 aromatic rings. The fourth-order valence-electron chi connectivity index (χ4n) is 1.78. The first-order chi connectivity index (χ1) is 10.2. The van der Waals surface area contributed by atoms with Crippen LogP contribution in [0.15, 0.2) is 18.2 Å². The number of carbonyl (C=O) groups is 2. The van der Waals surface area contributed by atoms with Gasteiger partial charge in [0.15, 0.2) is 0 Å². The van der Waals surface area contributed by atoms with Crippen molar-refractivity contribution in [3.05, 3.63) is 29.3 Å². The van der Waals surface area contributed by atoms with Crippen LogP contribution in [0.2, 0.25) is 0 Å². The van der Waals surface area contributed by atoms with Gasteiger partial charge >= 0.3 is 0 Å². The van der Waals surface area contributed by atoms with Crippen LogP contribution in [0, 0.1) is 24.2 Å². The van der Waals surface area contributed by atoms with E-state index in [-0.39, 0.29) is 18.4 Å². The minimum Gasteiger partial charge on any atom is -0.376 e. The molecule has 0 heterocycles. The first-order valence-corrected chi connectivity index (χ1v) is 7.06. The molecule has 1 rings (SSSR count). The maximum absolute atomic E-state index is 12.0. The molecule has 6 nitrogen and oxygen atoms in total. The minimum absolute atomic E-state index is 0.00699. The van der Waals surface area contributed by atoms with Crippen LogP contribution in [0.3, 0.4) is 0 Å². The monoisotopic (exact) mass is 302 g/mol. The zero-order valence-corrected chi connectivity index (χ0v) is 13.4. The van der Waals surface area contributed by atoms with Gasteiger partial charge in [0.2, 0.25) is 11.8 Å². The minimum atomic E-state index is -0.914. The molecule has 0 aliphatic carbocycles. The summed E-state index contributed by atoms with van der Waals surface area (Å²) in [5.74, 6) is -0.827. The van der Waals surface area contributed by atoms with Gasteiger partial charge in [-0.1, -0.05) is 19.9 Å². The van der Waals surface area contributed by atoms with E-state index in [2.05, 4.69) is 16.7 Å². The molecule has 0 unspecified atom stereocenters. The van der Waals surface area contributed by atoms with Crippen LogP contribution in [-0.2, 0) is 4.79 Å². The summed E-state index contributed by atoms with van der Waals surface area (Å²) < 4.78 is 0. The largest absolute Gasteiger partial charge is 0.376 e. The summed E-state index contributed by atoms with van der Waals surface area (Å²) in [6, 6.07) is 7.12. The Bertz CT molecular complexity index is 619. The molecule has 2 amide bonds. The quantitative estimate of drug-likeness (QED) is 0.741. The van der Waals surface area contributed by atoms with Crippen molar-refractivity contribution < 1.29 is 9.59 Å².